The van der Waals surface area contributed by atoms with Gasteiger partial charge < -0.3 is 11.1 Å². The zero-order valence-electron chi connectivity index (χ0n) is 9.96. The summed E-state index contributed by atoms with van der Waals surface area (Å²) < 4.78 is 25.7. The summed E-state index contributed by atoms with van der Waals surface area (Å²) in [5, 5.41) is 2.61. The lowest BCUT2D eigenvalue weighted by Gasteiger charge is -2.25. The highest BCUT2D eigenvalue weighted by Crippen LogP contribution is 2.24. The van der Waals surface area contributed by atoms with Gasteiger partial charge in [0.2, 0.25) is 5.91 Å². The highest BCUT2D eigenvalue weighted by atomic mass is 19.2. The van der Waals surface area contributed by atoms with E-state index in [4.69, 9.17) is 5.73 Å². The van der Waals surface area contributed by atoms with Crippen LogP contribution in [0.2, 0.25) is 0 Å². The van der Waals surface area contributed by atoms with Crippen LogP contribution in [-0.2, 0) is 4.79 Å². The highest BCUT2D eigenvalue weighted by molar-refractivity contribution is 5.92. The van der Waals surface area contributed by atoms with Crippen molar-refractivity contribution in [3.63, 3.8) is 0 Å². The first-order valence-electron chi connectivity index (χ1n) is 6.08. The average molecular weight is 254 g/mol. The van der Waals surface area contributed by atoms with Crippen molar-refractivity contribution >= 4 is 11.6 Å². The molecule has 3 nitrogen and oxygen atoms in total. The van der Waals surface area contributed by atoms with Gasteiger partial charge in [0.15, 0.2) is 11.6 Å². The van der Waals surface area contributed by atoms with E-state index in [1.54, 1.807) is 0 Å². The maximum atomic E-state index is 13.0. The van der Waals surface area contributed by atoms with E-state index in [0.717, 1.165) is 37.8 Å². The number of carbonyl (C=O) groups excluding carboxylic acids is 1. The molecule has 0 bridgehead atoms. The van der Waals surface area contributed by atoms with Crippen LogP contribution in [0.15, 0.2) is 18.2 Å². The molecule has 18 heavy (non-hydrogen) atoms. The summed E-state index contributed by atoms with van der Waals surface area (Å²) in [5.41, 5.74) is 6.05. The fourth-order valence-corrected chi connectivity index (χ4v) is 2.20. The molecule has 1 aromatic carbocycles. The number of rotatable bonds is 2. The maximum absolute atomic E-state index is 13.0. The third-order valence-corrected chi connectivity index (χ3v) is 3.33. The summed E-state index contributed by atoms with van der Waals surface area (Å²) in [5.74, 6) is -2.11. The molecule has 3 N–H and O–H groups in total. The first-order chi connectivity index (χ1) is 8.56. The van der Waals surface area contributed by atoms with Crippen LogP contribution in [0.4, 0.5) is 14.5 Å². The number of benzene rings is 1. The van der Waals surface area contributed by atoms with Crippen LogP contribution in [0.3, 0.4) is 0 Å². The van der Waals surface area contributed by atoms with Gasteiger partial charge in [-0.15, -0.1) is 0 Å². The molecular weight excluding hydrogens is 238 g/mol. The summed E-state index contributed by atoms with van der Waals surface area (Å²) >= 11 is 0. The van der Waals surface area contributed by atoms with Crippen molar-refractivity contribution in [1.82, 2.24) is 0 Å². The fourth-order valence-electron chi connectivity index (χ4n) is 2.20. The molecule has 1 amide bonds. The first-order valence-corrected chi connectivity index (χ1v) is 6.08. The molecule has 98 valence electrons. The molecule has 0 unspecified atom stereocenters. The van der Waals surface area contributed by atoms with Crippen molar-refractivity contribution in [2.75, 3.05) is 5.32 Å². The summed E-state index contributed by atoms with van der Waals surface area (Å²) in [4.78, 5) is 11.9. The molecule has 0 radical (unpaired) electrons. The maximum Gasteiger partial charge on any atom is 0.227 e. The van der Waals surface area contributed by atoms with Gasteiger partial charge in [0.1, 0.15) is 0 Å². The molecule has 0 aromatic heterocycles. The Morgan fingerprint density at radius 2 is 1.83 bits per heavy atom. The number of hydrogen-bond donors (Lipinski definition) is 2. The van der Waals surface area contributed by atoms with E-state index < -0.39 is 11.6 Å². The summed E-state index contributed by atoms with van der Waals surface area (Å²) in [6.07, 6.45) is 3.15. The van der Waals surface area contributed by atoms with Gasteiger partial charge in [-0.05, 0) is 37.8 Å². The average Bonchev–Trinajstić information content (AvgIpc) is 2.34. The second kappa shape index (κ2) is 5.44. The lowest BCUT2D eigenvalue weighted by atomic mass is 9.86. The lowest BCUT2D eigenvalue weighted by Crippen LogP contribution is -2.32. The molecule has 0 saturated heterocycles. The molecule has 1 saturated carbocycles. The second-order valence-electron chi connectivity index (χ2n) is 4.73. The number of anilines is 1. The van der Waals surface area contributed by atoms with Gasteiger partial charge in [-0.1, -0.05) is 0 Å². The molecular formula is C13H16F2N2O. The Morgan fingerprint density at radius 1 is 1.17 bits per heavy atom. The Bertz CT molecular complexity index is 443. The van der Waals surface area contributed by atoms with Gasteiger partial charge in [0.05, 0.1) is 0 Å². The second-order valence-corrected chi connectivity index (χ2v) is 4.73. The molecule has 0 heterocycles. The van der Waals surface area contributed by atoms with Gasteiger partial charge in [-0.25, -0.2) is 8.78 Å². The van der Waals surface area contributed by atoms with E-state index in [1.807, 2.05) is 0 Å². The van der Waals surface area contributed by atoms with Gasteiger partial charge in [0.25, 0.3) is 0 Å². The fraction of sp³-hybridized carbons (Fsp3) is 0.462. The molecule has 1 aliphatic carbocycles. The number of nitrogens with one attached hydrogen (secondary N) is 1. The molecule has 0 spiro atoms. The van der Waals surface area contributed by atoms with Crippen LogP contribution in [-0.4, -0.2) is 11.9 Å². The molecule has 5 heteroatoms. The van der Waals surface area contributed by atoms with E-state index in [0.29, 0.717) is 0 Å². The Kier molecular flexibility index (Phi) is 3.91. The normalized spacial score (nSPS) is 23.7. The van der Waals surface area contributed by atoms with Crippen molar-refractivity contribution in [2.24, 2.45) is 11.7 Å². The summed E-state index contributed by atoms with van der Waals surface area (Å²) in [6, 6.07) is 3.52. The van der Waals surface area contributed by atoms with Crippen molar-refractivity contribution in [1.29, 1.82) is 0 Å². The highest BCUT2D eigenvalue weighted by Gasteiger charge is 2.24. The summed E-state index contributed by atoms with van der Waals surface area (Å²) in [6.45, 7) is 0. The first kappa shape index (κ1) is 13.0. The van der Waals surface area contributed by atoms with Gasteiger partial charge in [0, 0.05) is 23.7 Å². The van der Waals surface area contributed by atoms with E-state index in [-0.39, 0.29) is 23.6 Å². The van der Waals surface area contributed by atoms with Crippen LogP contribution >= 0.6 is 0 Å². The zero-order chi connectivity index (χ0) is 13.1. The van der Waals surface area contributed by atoms with Crippen molar-refractivity contribution in [3.8, 4) is 0 Å². The predicted octanol–water partition coefficient (Wildman–Crippen LogP) is 2.42. The van der Waals surface area contributed by atoms with Crippen LogP contribution in [0.25, 0.3) is 0 Å². The minimum Gasteiger partial charge on any atom is -0.328 e. The third kappa shape index (κ3) is 3.04. The van der Waals surface area contributed by atoms with Crippen LogP contribution in [0.5, 0.6) is 0 Å². The minimum absolute atomic E-state index is 0.0853. The number of carbonyl (C=O) groups is 1. The Labute approximate surface area is 104 Å². The van der Waals surface area contributed by atoms with E-state index in [9.17, 15) is 13.6 Å². The Balaban J connectivity index is 1.96. The van der Waals surface area contributed by atoms with E-state index in [1.165, 1.54) is 6.07 Å². The van der Waals surface area contributed by atoms with E-state index in [2.05, 4.69) is 5.32 Å². The number of amides is 1. The van der Waals surface area contributed by atoms with Crippen LogP contribution in [0, 0.1) is 17.6 Å². The number of halogens is 2. The topological polar surface area (TPSA) is 55.1 Å². The molecule has 1 aliphatic rings. The van der Waals surface area contributed by atoms with Crippen molar-refractivity contribution in [3.05, 3.63) is 29.8 Å². The van der Waals surface area contributed by atoms with E-state index >= 15 is 0 Å². The minimum atomic E-state index is -0.960. The van der Waals surface area contributed by atoms with Crippen LogP contribution < -0.4 is 11.1 Å². The quantitative estimate of drug-likeness (QED) is 0.851. The predicted molar refractivity (Wildman–Crippen MR) is 64.9 cm³/mol. The molecule has 0 aliphatic heterocycles. The number of nitrogens with two attached hydrogens (primary N) is 1. The van der Waals surface area contributed by atoms with Crippen LogP contribution in [0.1, 0.15) is 25.7 Å². The monoisotopic (exact) mass is 254 g/mol. The Hall–Kier alpha value is -1.49. The third-order valence-electron chi connectivity index (χ3n) is 3.33. The lowest BCUT2D eigenvalue weighted by molar-refractivity contribution is -0.120. The SMILES string of the molecule is NC1CCC(C(=O)Nc2ccc(F)c(F)c2)CC1. The smallest absolute Gasteiger partial charge is 0.227 e. The van der Waals surface area contributed by atoms with Crippen molar-refractivity contribution < 1.29 is 13.6 Å². The standard InChI is InChI=1S/C13H16F2N2O/c14-11-6-5-10(7-12(11)15)17-13(18)8-1-3-9(16)4-2-8/h5-9H,1-4,16H2,(H,17,18). The Morgan fingerprint density at radius 3 is 2.44 bits per heavy atom. The largest absolute Gasteiger partial charge is 0.328 e. The van der Waals surface area contributed by atoms with Gasteiger partial charge >= 0.3 is 0 Å². The van der Waals surface area contributed by atoms with Crippen molar-refractivity contribution in [2.45, 2.75) is 31.7 Å². The number of hydrogen-bond acceptors (Lipinski definition) is 2. The molecule has 1 aromatic rings. The molecule has 1 fully saturated rings. The van der Waals surface area contributed by atoms with Gasteiger partial charge in [-0.3, -0.25) is 4.79 Å². The molecule has 2 rings (SSSR count). The van der Waals surface area contributed by atoms with Gasteiger partial charge in [-0.2, -0.15) is 0 Å². The molecule has 0 atom stereocenters. The summed E-state index contributed by atoms with van der Waals surface area (Å²) in [7, 11) is 0. The zero-order valence-corrected chi connectivity index (χ0v) is 9.96.